The van der Waals surface area contributed by atoms with Crippen LogP contribution in [0.3, 0.4) is 0 Å². The van der Waals surface area contributed by atoms with E-state index in [4.69, 9.17) is 11.6 Å². The summed E-state index contributed by atoms with van der Waals surface area (Å²) >= 11 is 9.29. The van der Waals surface area contributed by atoms with Gasteiger partial charge in [-0.3, -0.25) is 4.79 Å². The summed E-state index contributed by atoms with van der Waals surface area (Å²) in [6, 6.07) is 9.66. The van der Waals surface area contributed by atoms with Crippen molar-refractivity contribution in [1.82, 2.24) is 4.98 Å². The molecule has 0 aliphatic carbocycles. The highest BCUT2D eigenvalue weighted by molar-refractivity contribution is 9.10. The molecule has 0 saturated heterocycles. The second-order valence-corrected chi connectivity index (χ2v) is 5.64. The van der Waals surface area contributed by atoms with Crippen molar-refractivity contribution in [3.63, 3.8) is 0 Å². The highest BCUT2D eigenvalue weighted by Crippen LogP contribution is 2.29. The van der Waals surface area contributed by atoms with Crippen LogP contribution in [0.4, 0.5) is 4.39 Å². The Hall–Kier alpha value is -1.65. The average Bonchev–Trinajstić information content (AvgIpc) is 2.83. The van der Waals surface area contributed by atoms with Gasteiger partial charge in [-0.1, -0.05) is 33.6 Å². The number of halogens is 3. The molecule has 0 aliphatic rings. The van der Waals surface area contributed by atoms with Gasteiger partial charge >= 0.3 is 0 Å². The van der Waals surface area contributed by atoms with E-state index in [1.165, 1.54) is 12.1 Å². The lowest BCUT2D eigenvalue weighted by Gasteiger charge is -2.03. The van der Waals surface area contributed by atoms with E-state index in [1.54, 1.807) is 24.4 Å². The normalized spacial score (nSPS) is 10.9. The smallest absolute Gasteiger partial charge is 0.198 e. The first-order chi connectivity index (χ1) is 9.58. The fourth-order valence-electron chi connectivity index (χ4n) is 2.14. The Morgan fingerprint density at radius 1 is 1.20 bits per heavy atom. The molecule has 0 atom stereocenters. The monoisotopic (exact) mass is 351 g/mol. The number of fused-ring (bicyclic) bond motifs is 1. The number of rotatable bonds is 2. The molecule has 2 aromatic carbocycles. The van der Waals surface area contributed by atoms with E-state index in [2.05, 4.69) is 20.9 Å². The molecule has 0 radical (unpaired) electrons. The summed E-state index contributed by atoms with van der Waals surface area (Å²) in [6.07, 6.45) is 1.56. The minimum absolute atomic E-state index is 0.0222. The lowest BCUT2D eigenvalue weighted by Crippen LogP contribution is -2.03. The van der Waals surface area contributed by atoms with E-state index < -0.39 is 11.6 Å². The Kier molecular flexibility index (Phi) is 3.36. The molecule has 3 rings (SSSR count). The molecule has 0 bridgehead atoms. The number of hydrogen-bond acceptors (Lipinski definition) is 1. The molecule has 0 unspecified atom stereocenters. The zero-order chi connectivity index (χ0) is 14.3. The van der Waals surface area contributed by atoms with Crippen LogP contribution in [-0.4, -0.2) is 10.8 Å². The van der Waals surface area contributed by atoms with Crippen molar-refractivity contribution >= 4 is 44.2 Å². The van der Waals surface area contributed by atoms with Gasteiger partial charge in [0.15, 0.2) is 5.78 Å². The van der Waals surface area contributed by atoms with Gasteiger partial charge in [-0.05, 0) is 30.3 Å². The summed E-state index contributed by atoms with van der Waals surface area (Å²) in [7, 11) is 0. The van der Waals surface area contributed by atoms with Gasteiger partial charge in [0, 0.05) is 27.1 Å². The molecule has 1 N–H and O–H groups in total. The third kappa shape index (κ3) is 2.15. The summed E-state index contributed by atoms with van der Waals surface area (Å²) < 4.78 is 14.5. The summed E-state index contributed by atoms with van der Waals surface area (Å²) in [5.74, 6) is -0.958. The molecule has 20 heavy (non-hydrogen) atoms. The minimum Gasteiger partial charge on any atom is -0.360 e. The van der Waals surface area contributed by atoms with Crippen LogP contribution in [0, 0.1) is 5.82 Å². The molecule has 5 heteroatoms. The van der Waals surface area contributed by atoms with E-state index in [1.807, 2.05) is 6.07 Å². The van der Waals surface area contributed by atoms with E-state index >= 15 is 0 Å². The molecular formula is C15H8BrClFNO. The summed E-state index contributed by atoms with van der Waals surface area (Å²) in [6.45, 7) is 0. The van der Waals surface area contributed by atoms with E-state index in [0.717, 1.165) is 5.52 Å². The molecule has 0 spiro atoms. The van der Waals surface area contributed by atoms with Crippen LogP contribution < -0.4 is 0 Å². The summed E-state index contributed by atoms with van der Waals surface area (Å²) in [5, 5.41) is 1.08. The van der Waals surface area contributed by atoms with E-state index in [-0.39, 0.29) is 5.56 Å². The molecule has 1 aromatic heterocycles. The molecule has 0 fully saturated rings. The standard InChI is InChI=1S/C15H8BrClFNO/c16-8-4-5-9(12(18)6-8)15(20)10-7-19-13-3-1-2-11(17)14(10)13/h1-7,19H. The molecule has 1 heterocycles. The Morgan fingerprint density at radius 2 is 2.00 bits per heavy atom. The fourth-order valence-corrected chi connectivity index (χ4v) is 2.75. The Bertz CT molecular complexity index is 828. The van der Waals surface area contributed by atoms with Crippen LogP contribution in [0.1, 0.15) is 15.9 Å². The zero-order valence-corrected chi connectivity index (χ0v) is 12.4. The largest absolute Gasteiger partial charge is 0.360 e. The van der Waals surface area contributed by atoms with Gasteiger partial charge in [0.05, 0.1) is 10.6 Å². The number of H-pyrrole nitrogens is 1. The second kappa shape index (κ2) is 5.04. The molecule has 0 aliphatic heterocycles. The number of carbonyl (C=O) groups is 1. The quantitative estimate of drug-likeness (QED) is 0.650. The molecule has 0 amide bonds. The highest BCUT2D eigenvalue weighted by atomic mass is 79.9. The SMILES string of the molecule is O=C(c1ccc(Br)cc1F)c1c[nH]c2cccc(Cl)c12. The predicted molar refractivity (Wildman–Crippen MR) is 80.8 cm³/mol. The second-order valence-electron chi connectivity index (χ2n) is 4.32. The lowest BCUT2D eigenvalue weighted by molar-refractivity contribution is 0.103. The molecule has 2 nitrogen and oxygen atoms in total. The van der Waals surface area contributed by atoms with Crippen LogP contribution in [-0.2, 0) is 0 Å². The molecule has 0 saturated carbocycles. The zero-order valence-electron chi connectivity index (χ0n) is 10.1. The van der Waals surface area contributed by atoms with Crippen LogP contribution in [0.15, 0.2) is 47.1 Å². The van der Waals surface area contributed by atoms with Crippen molar-refractivity contribution in [3.05, 3.63) is 69.0 Å². The van der Waals surface area contributed by atoms with Crippen LogP contribution in [0.25, 0.3) is 10.9 Å². The number of benzene rings is 2. The lowest BCUT2D eigenvalue weighted by atomic mass is 10.0. The van der Waals surface area contributed by atoms with Crippen LogP contribution in [0.5, 0.6) is 0 Å². The van der Waals surface area contributed by atoms with Crippen molar-refractivity contribution in [2.24, 2.45) is 0 Å². The molecular weight excluding hydrogens is 345 g/mol. The molecule has 100 valence electrons. The van der Waals surface area contributed by atoms with Crippen LogP contribution >= 0.6 is 27.5 Å². The van der Waals surface area contributed by atoms with Gasteiger partial charge in [-0.25, -0.2) is 4.39 Å². The number of hydrogen-bond donors (Lipinski definition) is 1. The average molecular weight is 353 g/mol. The third-order valence-corrected chi connectivity index (χ3v) is 3.88. The van der Waals surface area contributed by atoms with Crippen molar-refractivity contribution in [1.29, 1.82) is 0 Å². The van der Waals surface area contributed by atoms with Gasteiger partial charge in [0.25, 0.3) is 0 Å². The van der Waals surface area contributed by atoms with Gasteiger partial charge in [-0.15, -0.1) is 0 Å². The van der Waals surface area contributed by atoms with Gasteiger partial charge < -0.3 is 4.98 Å². The van der Waals surface area contributed by atoms with Crippen molar-refractivity contribution in [2.45, 2.75) is 0 Å². The maximum Gasteiger partial charge on any atom is 0.198 e. The predicted octanol–water partition coefficient (Wildman–Crippen LogP) is 4.95. The number of carbonyl (C=O) groups excluding carboxylic acids is 1. The maximum absolute atomic E-state index is 13.9. The van der Waals surface area contributed by atoms with Crippen molar-refractivity contribution in [2.75, 3.05) is 0 Å². The minimum atomic E-state index is -0.564. The van der Waals surface area contributed by atoms with E-state index in [9.17, 15) is 9.18 Å². The first-order valence-corrected chi connectivity index (χ1v) is 7.00. The Labute approximate surface area is 127 Å². The number of ketones is 1. The third-order valence-electron chi connectivity index (χ3n) is 3.08. The van der Waals surface area contributed by atoms with Crippen molar-refractivity contribution in [3.8, 4) is 0 Å². The highest BCUT2D eigenvalue weighted by Gasteiger charge is 2.19. The number of aromatic amines is 1. The fraction of sp³-hybridized carbons (Fsp3) is 0. The Morgan fingerprint density at radius 3 is 2.75 bits per heavy atom. The first-order valence-electron chi connectivity index (χ1n) is 5.83. The van der Waals surface area contributed by atoms with Gasteiger partial charge in [0.2, 0.25) is 0 Å². The summed E-state index contributed by atoms with van der Waals surface area (Å²) in [4.78, 5) is 15.4. The number of nitrogens with one attached hydrogen (secondary N) is 1. The Balaban J connectivity index is 2.18. The summed E-state index contributed by atoms with van der Waals surface area (Å²) in [5.41, 5.74) is 1.14. The molecule has 3 aromatic rings. The van der Waals surface area contributed by atoms with Crippen LogP contribution in [0.2, 0.25) is 5.02 Å². The van der Waals surface area contributed by atoms with Crippen molar-refractivity contribution < 1.29 is 9.18 Å². The topological polar surface area (TPSA) is 32.9 Å². The number of aromatic nitrogens is 1. The van der Waals surface area contributed by atoms with Gasteiger partial charge in [-0.2, -0.15) is 0 Å². The van der Waals surface area contributed by atoms with Gasteiger partial charge in [0.1, 0.15) is 5.82 Å². The van der Waals surface area contributed by atoms with E-state index in [0.29, 0.717) is 20.4 Å². The first kappa shape index (κ1) is 13.3. The maximum atomic E-state index is 13.9.